The van der Waals surface area contributed by atoms with Crippen LogP contribution >= 0.6 is 0 Å². The molecule has 2 aromatic rings. The van der Waals surface area contributed by atoms with Crippen molar-refractivity contribution >= 4 is 5.95 Å². The van der Waals surface area contributed by atoms with Gasteiger partial charge in [-0.25, -0.2) is 4.39 Å². The van der Waals surface area contributed by atoms with Gasteiger partial charge in [-0.1, -0.05) is 12.1 Å². The number of nitrogens with zero attached hydrogens (tertiary/aromatic N) is 3. The van der Waals surface area contributed by atoms with Gasteiger partial charge in [0.2, 0.25) is 5.95 Å². The van der Waals surface area contributed by atoms with E-state index in [-0.39, 0.29) is 5.82 Å². The third kappa shape index (κ3) is 1.96. The minimum atomic E-state index is -0.240. The first kappa shape index (κ1) is 9.64. The monoisotopic (exact) mass is 206 g/mol. The van der Waals surface area contributed by atoms with Crippen LogP contribution < -0.4 is 5.73 Å². The number of hydrogen-bond acceptors (Lipinski definition) is 3. The summed E-state index contributed by atoms with van der Waals surface area (Å²) in [6, 6.07) is 6.30. The van der Waals surface area contributed by atoms with Crippen LogP contribution in [0.2, 0.25) is 0 Å². The average Bonchev–Trinajstić information content (AvgIpc) is 2.53. The number of hydrogen-bond donors (Lipinski definition) is 1. The molecule has 0 spiro atoms. The zero-order chi connectivity index (χ0) is 10.8. The summed E-state index contributed by atoms with van der Waals surface area (Å²) in [7, 11) is 1.80. The van der Waals surface area contributed by atoms with Gasteiger partial charge >= 0.3 is 0 Å². The summed E-state index contributed by atoms with van der Waals surface area (Å²) in [5.41, 5.74) is 6.53. The zero-order valence-corrected chi connectivity index (χ0v) is 8.31. The van der Waals surface area contributed by atoms with E-state index in [4.69, 9.17) is 5.73 Å². The molecule has 1 aromatic carbocycles. The van der Waals surface area contributed by atoms with Crippen LogP contribution in [0.3, 0.4) is 0 Å². The van der Waals surface area contributed by atoms with Crippen LogP contribution in [0, 0.1) is 5.82 Å². The Hall–Kier alpha value is -1.91. The van der Waals surface area contributed by atoms with Crippen LogP contribution in [0.25, 0.3) is 0 Å². The summed E-state index contributed by atoms with van der Waals surface area (Å²) in [4.78, 5) is 0. The summed E-state index contributed by atoms with van der Waals surface area (Å²) in [6.07, 6.45) is 0.598. The van der Waals surface area contributed by atoms with Crippen molar-refractivity contribution in [3.63, 3.8) is 0 Å². The molecule has 0 aliphatic carbocycles. The predicted molar refractivity (Wildman–Crippen MR) is 54.6 cm³/mol. The molecule has 5 heteroatoms. The summed E-state index contributed by atoms with van der Waals surface area (Å²) in [5, 5.41) is 7.67. The summed E-state index contributed by atoms with van der Waals surface area (Å²) in [5.74, 6) is 0.905. The van der Waals surface area contributed by atoms with Gasteiger partial charge in [0.1, 0.15) is 11.6 Å². The first-order valence-electron chi connectivity index (χ1n) is 4.55. The Morgan fingerprint density at radius 3 is 2.47 bits per heavy atom. The maximum atomic E-state index is 12.7. The molecule has 2 N–H and O–H groups in total. The van der Waals surface area contributed by atoms with Crippen molar-refractivity contribution in [1.29, 1.82) is 0 Å². The third-order valence-corrected chi connectivity index (χ3v) is 2.27. The average molecular weight is 206 g/mol. The highest BCUT2D eigenvalue weighted by molar-refractivity contribution is 5.23. The Kier molecular flexibility index (Phi) is 2.37. The molecule has 0 fully saturated rings. The predicted octanol–water partition coefficient (Wildman–Crippen LogP) is 1.13. The van der Waals surface area contributed by atoms with Crippen molar-refractivity contribution in [2.75, 3.05) is 5.73 Å². The largest absolute Gasteiger partial charge is 0.368 e. The fourth-order valence-corrected chi connectivity index (χ4v) is 1.31. The van der Waals surface area contributed by atoms with E-state index < -0.39 is 0 Å². The van der Waals surface area contributed by atoms with Crippen molar-refractivity contribution in [3.05, 3.63) is 41.5 Å². The maximum Gasteiger partial charge on any atom is 0.221 e. The second-order valence-corrected chi connectivity index (χ2v) is 3.34. The molecule has 0 saturated heterocycles. The summed E-state index contributed by atoms with van der Waals surface area (Å²) in [6.45, 7) is 0. The lowest BCUT2D eigenvalue weighted by Gasteiger charge is -2.01. The van der Waals surface area contributed by atoms with Gasteiger partial charge in [-0.2, -0.15) is 0 Å². The van der Waals surface area contributed by atoms with Crippen LogP contribution in [0.4, 0.5) is 10.3 Å². The molecule has 4 nitrogen and oxygen atoms in total. The quantitative estimate of drug-likeness (QED) is 0.801. The molecule has 0 amide bonds. The minimum absolute atomic E-state index is 0.240. The van der Waals surface area contributed by atoms with Crippen LogP contribution in [-0.2, 0) is 13.5 Å². The number of nitrogen functional groups attached to an aromatic ring is 1. The van der Waals surface area contributed by atoms with Crippen LogP contribution in [0.1, 0.15) is 11.4 Å². The van der Waals surface area contributed by atoms with Gasteiger partial charge in [-0.05, 0) is 17.7 Å². The standard InChI is InChI=1S/C10H11FN4/c1-15-9(13-14-10(15)12)6-7-2-4-8(11)5-3-7/h2-5H,6H2,1H3,(H2,12,14). The molecule has 0 aliphatic heterocycles. The van der Waals surface area contributed by atoms with Crippen molar-refractivity contribution in [2.45, 2.75) is 6.42 Å². The second kappa shape index (κ2) is 3.68. The van der Waals surface area contributed by atoms with Gasteiger partial charge in [-0.15, -0.1) is 10.2 Å². The Bertz CT molecular complexity index is 461. The van der Waals surface area contributed by atoms with E-state index in [9.17, 15) is 4.39 Å². The Morgan fingerprint density at radius 2 is 1.93 bits per heavy atom. The number of rotatable bonds is 2. The molecule has 78 valence electrons. The Labute approximate surface area is 86.6 Å². The number of benzene rings is 1. The molecule has 0 atom stereocenters. The normalized spacial score (nSPS) is 10.5. The molecule has 0 bridgehead atoms. The van der Waals surface area contributed by atoms with Crippen molar-refractivity contribution < 1.29 is 4.39 Å². The highest BCUT2D eigenvalue weighted by Gasteiger charge is 2.06. The smallest absolute Gasteiger partial charge is 0.221 e. The molecule has 0 radical (unpaired) electrons. The van der Waals surface area contributed by atoms with Crippen molar-refractivity contribution in [1.82, 2.24) is 14.8 Å². The highest BCUT2D eigenvalue weighted by atomic mass is 19.1. The number of anilines is 1. The van der Waals surface area contributed by atoms with E-state index in [1.54, 1.807) is 23.7 Å². The SMILES string of the molecule is Cn1c(N)nnc1Cc1ccc(F)cc1. The van der Waals surface area contributed by atoms with Gasteiger partial charge < -0.3 is 10.3 Å². The second-order valence-electron chi connectivity index (χ2n) is 3.34. The number of aromatic nitrogens is 3. The van der Waals surface area contributed by atoms with Gasteiger partial charge in [-0.3, -0.25) is 0 Å². The van der Waals surface area contributed by atoms with E-state index in [1.807, 2.05) is 0 Å². The molecule has 0 unspecified atom stereocenters. The van der Waals surface area contributed by atoms with E-state index in [2.05, 4.69) is 10.2 Å². The maximum absolute atomic E-state index is 12.7. The van der Waals surface area contributed by atoms with Gasteiger partial charge in [0, 0.05) is 13.5 Å². The lowest BCUT2D eigenvalue weighted by Crippen LogP contribution is -2.02. The molecular weight excluding hydrogens is 195 g/mol. The van der Waals surface area contributed by atoms with Crippen molar-refractivity contribution in [2.24, 2.45) is 7.05 Å². The van der Waals surface area contributed by atoms with Gasteiger partial charge in [0.25, 0.3) is 0 Å². The Balaban J connectivity index is 2.22. The molecule has 0 saturated carbocycles. The highest BCUT2D eigenvalue weighted by Crippen LogP contribution is 2.09. The molecule has 15 heavy (non-hydrogen) atoms. The zero-order valence-electron chi connectivity index (χ0n) is 8.31. The summed E-state index contributed by atoms with van der Waals surface area (Å²) < 4.78 is 14.4. The lowest BCUT2D eigenvalue weighted by atomic mass is 10.1. The van der Waals surface area contributed by atoms with Crippen LogP contribution in [0.15, 0.2) is 24.3 Å². The number of halogens is 1. The van der Waals surface area contributed by atoms with E-state index in [0.29, 0.717) is 12.4 Å². The van der Waals surface area contributed by atoms with Gasteiger partial charge in [0.05, 0.1) is 0 Å². The van der Waals surface area contributed by atoms with E-state index in [0.717, 1.165) is 11.4 Å². The van der Waals surface area contributed by atoms with Crippen LogP contribution in [-0.4, -0.2) is 14.8 Å². The first-order valence-corrected chi connectivity index (χ1v) is 4.55. The molecule has 0 aliphatic rings. The van der Waals surface area contributed by atoms with E-state index >= 15 is 0 Å². The lowest BCUT2D eigenvalue weighted by molar-refractivity contribution is 0.627. The molecule has 1 heterocycles. The van der Waals surface area contributed by atoms with Crippen LogP contribution in [0.5, 0.6) is 0 Å². The minimum Gasteiger partial charge on any atom is -0.368 e. The van der Waals surface area contributed by atoms with Gasteiger partial charge in [0.15, 0.2) is 0 Å². The van der Waals surface area contributed by atoms with Crippen molar-refractivity contribution in [3.8, 4) is 0 Å². The molecule has 2 rings (SSSR count). The molecule has 1 aromatic heterocycles. The Morgan fingerprint density at radius 1 is 1.27 bits per heavy atom. The first-order chi connectivity index (χ1) is 7.16. The topological polar surface area (TPSA) is 56.7 Å². The number of nitrogens with two attached hydrogens (primary N) is 1. The van der Waals surface area contributed by atoms with E-state index in [1.165, 1.54) is 12.1 Å². The summed E-state index contributed by atoms with van der Waals surface area (Å²) >= 11 is 0. The molecular formula is C10H11FN4. The third-order valence-electron chi connectivity index (χ3n) is 2.27. The fourth-order valence-electron chi connectivity index (χ4n) is 1.31. The fraction of sp³-hybridized carbons (Fsp3) is 0.200.